The maximum Gasteiger partial charge on any atom is 0.271 e. The van der Waals surface area contributed by atoms with Crippen LogP contribution in [0.25, 0.3) is 0 Å². The van der Waals surface area contributed by atoms with E-state index in [1.165, 1.54) is 0 Å². The molecule has 0 spiro atoms. The van der Waals surface area contributed by atoms with E-state index >= 15 is 0 Å². The van der Waals surface area contributed by atoms with Crippen LogP contribution < -0.4 is 5.43 Å². The largest absolute Gasteiger partial charge is 0.271 e. The summed E-state index contributed by atoms with van der Waals surface area (Å²) >= 11 is 9.15. The molecule has 1 amide bonds. The Kier molecular flexibility index (Phi) is 4.71. The van der Waals surface area contributed by atoms with Crippen molar-refractivity contribution in [1.82, 2.24) is 5.43 Å². The molecule has 1 N–H and O–H groups in total. The van der Waals surface area contributed by atoms with Crippen LogP contribution in [-0.4, -0.2) is 12.1 Å². The van der Waals surface area contributed by atoms with E-state index in [9.17, 15) is 4.79 Å². The number of halogens is 2. The van der Waals surface area contributed by atoms with E-state index in [0.29, 0.717) is 10.6 Å². The summed E-state index contributed by atoms with van der Waals surface area (Å²) in [5.41, 5.74) is 3.83. The Morgan fingerprint density at radius 2 is 1.95 bits per heavy atom. The summed E-state index contributed by atoms with van der Waals surface area (Å²) in [4.78, 5) is 11.7. The summed E-state index contributed by atoms with van der Waals surface area (Å²) in [5, 5.41) is 4.51. The minimum atomic E-state index is -0.259. The van der Waals surface area contributed by atoms with Crippen molar-refractivity contribution in [3.63, 3.8) is 0 Å². The van der Waals surface area contributed by atoms with Gasteiger partial charge in [-0.05, 0) is 42.0 Å². The molecule has 0 heterocycles. The Morgan fingerprint density at radius 1 is 1.21 bits per heavy atom. The average molecular weight is 338 g/mol. The number of amides is 1. The van der Waals surface area contributed by atoms with Gasteiger partial charge in [-0.1, -0.05) is 39.7 Å². The SMILES string of the molecule is O=C(N/N=C/c1cccc(Cl)c1)c1ccc(Br)cc1. The van der Waals surface area contributed by atoms with Crippen molar-refractivity contribution in [1.29, 1.82) is 0 Å². The van der Waals surface area contributed by atoms with E-state index in [4.69, 9.17) is 11.6 Å². The quantitative estimate of drug-likeness (QED) is 0.670. The highest BCUT2D eigenvalue weighted by Gasteiger charge is 2.02. The molecule has 2 rings (SSSR count). The zero-order chi connectivity index (χ0) is 13.7. The molecule has 0 saturated carbocycles. The summed E-state index contributed by atoms with van der Waals surface area (Å²) in [6.45, 7) is 0. The molecule has 0 aliphatic heterocycles. The lowest BCUT2D eigenvalue weighted by Crippen LogP contribution is -2.17. The number of nitrogens with one attached hydrogen (secondary N) is 1. The van der Waals surface area contributed by atoms with Crippen LogP contribution in [0, 0.1) is 0 Å². The van der Waals surface area contributed by atoms with Crippen LogP contribution in [0.1, 0.15) is 15.9 Å². The third-order valence-corrected chi connectivity index (χ3v) is 3.10. The van der Waals surface area contributed by atoms with Crippen LogP contribution in [0.3, 0.4) is 0 Å². The van der Waals surface area contributed by atoms with Gasteiger partial charge in [0.1, 0.15) is 0 Å². The Bertz CT molecular complexity index is 611. The molecule has 0 aliphatic rings. The van der Waals surface area contributed by atoms with E-state index in [1.807, 2.05) is 12.1 Å². The van der Waals surface area contributed by atoms with E-state index < -0.39 is 0 Å². The molecule has 0 radical (unpaired) electrons. The lowest BCUT2D eigenvalue weighted by molar-refractivity contribution is 0.0955. The van der Waals surface area contributed by atoms with E-state index in [1.54, 1.807) is 42.6 Å². The smallest absolute Gasteiger partial charge is 0.267 e. The van der Waals surface area contributed by atoms with Crippen molar-refractivity contribution in [2.24, 2.45) is 5.10 Å². The first-order chi connectivity index (χ1) is 9.15. The Hall–Kier alpha value is -1.65. The van der Waals surface area contributed by atoms with Crippen LogP contribution in [-0.2, 0) is 0 Å². The topological polar surface area (TPSA) is 41.5 Å². The first kappa shape index (κ1) is 13.8. The highest BCUT2D eigenvalue weighted by molar-refractivity contribution is 9.10. The Balaban J connectivity index is 1.98. The van der Waals surface area contributed by atoms with Crippen molar-refractivity contribution in [3.8, 4) is 0 Å². The lowest BCUT2D eigenvalue weighted by atomic mass is 10.2. The van der Waals surface area contributed by atoms with Crippen molar-refractivity contribution in [2.45, 2.75) is 0 Å². The highest BCUT2D eigenvalue weighted by Crippen LogP contribution is 2.10. The number of hydrogen-bond donors (Lipinski definition) is 1. The Morgan fingerprint density at radius 3 is 2.63 bits per heavy atom. The molecule has 2 aromatic carbocycles. The zero-order valence-corrected chi connectivity index (χ0v) is 12.1. The van der Waals surface area contributed by atoms with Gasteiger partial charge in [0.25, 0.3) is 5.91 Å². The second-order valence-electron chi connectivity index (χ2n) is 3.76. The Labute approximate surface area is 124 Å². The molecule has 3 nitrogen and oxygen atoms in total. The maximum absolute atomic E-state index is 11.7. The predicted molar refractivity (Wildman–Crippen MR) is 80.7 cm³/mol. The first-order valence-corrected chi connectivity index (χ1v) is 6.67. The van der Waals surface area contributed by atoms with Gasteiger partial charge in [0.15, 0.2) is 0 Å². The number of rotatable bonds is 3. The van der Waals surface area contributed by atoms with Gasteiger partial charge in [0, 0.05) is 15.1 Å². The van der Waals surface area contributed by atoms with Crippen LogP contribution in [0.4, 0.5) is 0 Å². The summed E-state index contributed by atoms with van der Waals surface area (Å²) < 4.78 is 0.923. The molecular formula is C14H10BrClN2O. The van der Waals surface area contributed by atoms with Gasteiger partial charge in [0.05, 0.1) is 6.21 Å². The summed E-state index contributed by atoms with van der Waals surface area (Å²) in [6.07, 6.45) is 1.54. The van der Waals surface area contributed by atoms with Crippen LogP contribution in [0.15, 0.2) is 58.1 Å². The number of carbonyl (C=O) groups is 1. The third-order valence-electron chi connectivity index (χ3n) is 2.33. The second kappa shape index (κ2) is 6.50. The number of benzene rings is 2. The van der Waals surface area contributed by atoms with Gasteiger partial charge >= 0.3 is 0 Å². The number of hydrazone groups is 1. The van der Waals surface area contributed by atoms with Crippen LogP contribution >= 0.6 is 27.5 Å². The lowest BCUT2D eigenvalue weighted by Gasteiger charge is -1.99. The molecule has 0 saturated heterocycles. The predicted octanol–water partition coefficient (Wildman–Crippen LogP) is 3.87. The monoisotopic (exact) mass is 336 g/mol. The molecule has 96 valence electrons. The van der Waals surface area contributed by atoms with E-state index in [0.717, 1.165) is 10.0 Å². The third kappa shape index (κ3) is 4.19. The standard InChI is InChI=1S/C14H10BrClN2O/c15-12-6-4-11(5-7-12)14(19)18-17-9-10-2-1-3-13(16)8-10/h1-9H,(H,18,19)/b17-9+. The molecule has 0 fully saturated rings. The van der Waals surface area contributed by atoms with Gasteiger partial charge in [0.2, 0.25) is 0 Å². The number of carbonyl (C=O) groups excluding carboxylic acids is 1. The first-order valence-electron chi connectivity index (χ1n) is 5.50. The maximum atomic E-state index is 11.7. The fourth-order valence-corrected chi connectivity index (χ4v) is 1.88. The average Bonchev–Trinajstić information content (AvgIpc) is 2.39. The second-order valence-corrected chi connectivity index (χ2v) is 5.11. The van der Waals surface area contributed by atoms with E-state index in [-0.39, 0.29) is 5.91 Å². The van der Waals surface area contributed by atoms with Crippen LogP contribution in [0.5, 0.6) is 0 Å². The molecule has 5 heteroatoms. The molecule has 0 atom stereocenters. The normalized spacial score (nSPS) is 10.6. The molecule has 0 aliphatic carbocycles. The number of hydrogen-bond acceptors (Lipinski definition) is 2. The molecule has 0 bridgehead atoms. The van der Waals surface area contributed by atoms with Crippen molar-refractivity contribution >= 4 is 39.7 Å². The van der Waals surface area contributed by atoms with Gasteiger partial charge in [-0.15, -0.1) is 0 Å². The van der Waals surface area contributed by atoms with Gasteiger partial charge in [-0.25, -0.2) is 5.43 Å². The fourth-order valence-electron chi connectivity index (χ4n) is 1.42. The van der Waals surface area contributed by atoms with Crippen molar-refractivity contribution in [3.05, 3.63) is 69.2 Å². The van der Waals surface area contributed by atoms with Crippen molar-refractivity contribution < 1.29 is 4.79 Å². The van der Waals surface area contributed by atoms with Gasteiger partial charge in [-0.3, -0.25) is 4.79 Å². The molecule has 0 aromatic heterocycles. The molecular weight excluding hydrogens is 328 g/mol. The van der Waals surface area contributed by atoms with Crippen molar-refractivity contribution in [2.75, 3.05) is 0 Å². The molecule has 19 heavy (non-hydrogen) atoms. The molecule has 2 aromatic rings. The van der Waals surface area contributed by atoms with Gasteiger partial charge in [-0.2, -0.15) is 5.10 Å². The highest BCUT2D eigenvalue weighted by atomic mass is 79.9. The van der Waals surface area contributed by atoms with Crippen LogP contribution in [0.2, 0.25) is 5.02 Å². The fraction of sp³-hybridized carbons (Fsp3) is 0. The summed E-state index contributed by atoms with van der Waals surface area (Å²) in [6, 6.07) is 14.2. The minimum absolute atomic E-state index is 0.259. The summed E-state index contributed by atoms with van der Waals surface area (Å²) in [5.74, 6) is -0.259. The summed E-state index contributed by atoms with van der Waals surface area (Å²) in [7, 11) is 0. The molecule has 0 unspecified atom stereocenters. The van der Waals surface area contributed by atoms with Gasteiger partial charge < -0.3 is 0 Å². The number of nitrogens with zero attached hydrogens (tertiary/aromatic N) is 1. The zero-order valence-electron chi connectivity index (χ0n) is 9.81. The van der Waals surface area contributed by atoms with E-state index in [2.05, 4.69) is 26.5 Å². The minimum Gasteiger partial charge on any atom is -0.267 e.